The Balaban J connectivity index is 1.86. The highest BCUT2D eigenvalue weighted by Gasteiger charge is 2.31. The van der Waals surface area contributed by atoms with Crippen LogP contribution in [0, 0.1) is 6.92 Å². The predicted octanol–water partition coefficient (Wildman–Crippen LogP) is 1.20. The van der Waals surface area contributed by atoms with E-state index in [1.54, 1.807) is 6.07 Å². The molecule has 1 saturated heterocycles. The van der Waals surface area contributed by atoms with Gasteiger partial charge in [0.05, 0.1) is 6.04 Å². The van der Waals surface area contributed by atoms with Gasteiger partial charge in [-0.1, -0.05) is 0 Å². The summed E-state index contributed by atoms with van der Waals surface area (Å²) in [4.78, 5) is 18.5. The molecule has 0 bridgehead atoms. The van der Waals surface area contributed by atoms with Crippen LogP contribution in [0.4, 0.5) is 0 Å². The van der Waals surface area contributed by atoms with E-state index in [9.17, 15) is 4.79 Å². The normalized spacial score (nSPS) is 19.6. The van der Waals surface area contributed by atoms with Gasteiger partial charge < -0.3 is 4.90 Å². The minimum Gasteiger partial charge on any atom is -0.327 e. The number of carbonyl (C=O) groups is 1. The number of aromatic amines is 2. The van der Waals surface area contributed by atoms with Crippen LogP contribution in [0.15, 0.2) is 12.4 Å². The average Bonchev–Trinajstić information content (AvgIpc) is 3.09. The lowest BCUT2D eigenvalue weighted by Gasteiger charge is -2.33. The second kappa shape index (κ2) is 4.83. The van der Waals surface area contributed by atoms with Crippen molar-refractivity contribution in [3.63, 3.8) is 0 Å². The second-order valence-corrected chi connectivity index (χ2v) is 4.82. The van der Waals surface area contributed by atoms with Crippen LogP contribution in [0.1, 0.15) is 47.3 Å². The second-order valence-electron chi connectivity index (χ2n) is 4.82. The Labute approximate surface area is 110 Å². The van der Waals surface area contributed by atoms with Crippen molar-refractivity contribution in [1.29, 1.82) is 0 Å². The molecule has 7 heteroatoms. The molecule has 2 N–H and O–H groups in total. The van der Waals surface area contributed by atoms with E-state index >= 15 is 0 Å². The maximum absolute atomic E-state index is 12.5. The van der Waals surface area contributed by atoms with Crippen LogP contribution in [-0.2, 0) is 0 Å². The lowest BCUT2D eigenvalue weighted by molar-refractivity contribution is 0.0594. The van der Waals surface area contributed by atoms with Gasteiger partial charge >= 0.3 is 0 Å². The summed E-state index contributed by atoms with van der Waals surface area (Å²) < 4.78 is 0. The van der Waals surface area contributed by atoms with Gasteiger partial charge in [0.25, 0.3) is 5.91 Å². The maximum Gasteiger partial charge on any atom is 0.274 e. The fraction of sp³-hybridized carbons (Fsp3) is 0.500. The van der Waals surface area contributed by atoms with Gasteiger partial charge in [-0.15, -0.1) is 0 Å². The highest BCUT2D eigenvalue weighted by Crippen LogP contribution is 2.29. The van der Waals surface area contributed by atoms with Gasteiger partial charge in [-0.05, 0) is 32.3 Å². The predicted molar refractivity (Wildman–Crippen MR) is 67.3 cm³/mol. The summed E-state index contributed by atoms with van der Waals surface area (Å²) in [6.07, 6.45) is 4.49. The summed E-state index contributed by atoms with van der Waals surface area (Å²) in [5.41, 5.74) is 1.35. The maximum atomic E-state index is 12.5. The minimum absolute atomic E-state index is 0.0271. The zero-order valence-electron chi connectivity index (χ0n) is 10.8. The first kappa shape index (κ1) is 11.9. The number of nitrogens with zero attached hydrogens (tertiary/aromatic N) is 4. The molecular weight excluding hydrogens is 244 g/mol. The first-order valence-electron chi connectivity index (χ1n) is 6.44. The lowest BCUT2D eigenvalue weighted by Crippen LogP contribution is -2.39. The molecule has 0 saturated carbocycles. The quantitative estimate of drug-likeness (QED) is 0.849. The highest BCUT2D eigenvalue weighted by atomic mass is 16.2. The Morgan fingerprint density at radius 3 is 3.00 bits per heavy atom. The summed E-state index contributed by atoms with van der Waals surface area (Å²) >= 11 is 0. The molecule has 1 aliphatic rings. The molecule has 0 radical (unpaired) electrons. The number of likely N-dealkylation sites (tertiary alicyclic amines) is 1. The van der Waals surface area contributed by atoms with Crippen molar-refractivity contribution in [1.82, 2.24) is 30.3 Å². The molecule has 2 aromatic heterocycles. The van der Waals surface area contributed by atoms with Gasteiger partial charge in [-0.3, -0.25) is 15.0 Å². The van der Waals surface area contributed by atoms with Crippen molar-refractivity contribution < 1.29 is 4.79 Å². The fourth-order valence-electron chi connectivity index (χ4n) is 2.51. The van der Waals surface area contributed by atoms with Crippen molar-refractivity contribution in [2.24, 2.45) is 0 Å². The Morgan fingerprint density at radius 2 is 2.32 bits per heavy atom. The van der Waals surface area contributed by atoms with Crippen molar-refractivity contribution in [3.8, 4) is 0 Å². The van der Waals surface area contributed by atoms with Crippen LogP contribution < -0.4 is 0 Å². The molecule has 0 unspecified atom stereocenters. The molecule has 1 atom stereocenters. The zero-order valence-corrected chi connectivity index (χ0v) is 10.8. The van der Waals surface area contributed by atoms with Crippen LogP contribution in [0.2, 0.25) is 0 Å². The van der Waals surface area contributed by atoms with Gasteiger partial charge in [-0.2, -0.15) is 10.2 Å². The first-order valence-corrected chi connectivity index (χ1v) is 6.44. The highest BCUT2D eigenvalue weighted by molar-refractivity contribution is 5.92. The number of H-pyrrole nitrogens is 2. The van der Waals surface area contributed by atoms with Gasteiger partial charge in [0.2, 0.25) is 0 Å². The molecule has 1 fully saturated rings. The molecule has 0 aliphatic carbocycles. The Bertz CT molecular complexity index is 561. The number of rotatable bonds is 2. The average molecular weight is 260 g/mol. The third-order valence-corrected chi connectivity index (χ3v) is 3.44. The standard InChI is InChI=1S/C12H16N6O/c1-8-6-9(16-15-8)12(19)18-5-3-2-4-10(18)11-13-7-14-17-11/h6-7,10H,2-5H2,1H3,(H,15,16)(H,13,14,17)/t10-/m1/s1. The number of piperidine rings is 1. The number of hydrogen-bond donors (Lipinski definition) is 2. The lowest BCUT2D eigenvalue weighted by atomic mass is 10.0. The zero-order chi connectivity index (χ0) is 13.2. The van der Waals surface area contributed by atoms with E-state index in [2.05, 4.69) is 25.4 Å². The Hall–Kier alpha value is -2.18. The SMILES string of the molecule is Cc1cc(C(=O)N2CCCC[C@@H]2c2ncn[nH]2)n[nH]1. The first-order chi connectivity index (χ1) is 9.25. The summed E-state index contributed by atoms with van der Waals surface area (Å²) in [6, 6.07) is 1.75. The third-order valence-electron chi connectivity index (χ3n) is 3.44. The number of nitrogens with one attached hydrogen (secondary N) is 2. The summed E-state index contributed by atoms with van der Waals surface area (Å²) in [7, 11) is 0. The minimum atomic E-state index is -0.0505. The number of amides is 1. The monoisotopic (exact) mass is 260 g/mol. The van der Waals surface area contributed by atoms with Crippen molar-refractivity contribution in [3.05, 3.63) is 29.6 Å². The van der Waals surface area contributed by atoms with Crippen molar-refractivity contribution in [2.75, 3.05) is 6.54 Å². The molecule has 1 amide bonds. The fourth-order valence-corrected chi connectivity index (χ4v) is 2.51. The van der Waals surface area contributed by atoms with E-state index in [1.807, 2.05) is 11.8 Å². The van der Waals surface area contributed by atoms with Gasteiger partial charge in [0.15, 0.2) is 0 Å². The van der Waals surface area contributed by atoms with E-state index in [1.165, 1.54) is 6.33 Å². The Kier molecular flexibility index (Phi) is 3.02. The van der Waals surface area contributed by atoms with E-state index in [0.717, 1.165) is 37.3 Å². The number of aromatic nitrogens is 5. The van der Waals surface area contributed by atoms with Crippen molar-refractivity contribution >= 4 is 5.91 Å². The molecule has 7 nitrogen and oxygen atoms in total. The molecule has 1 aliphatic heterocycles. The largest absolute Gasteiger partial charge is 0.327 e. The number of carbonyl (C=O) groups excluding carboxylic acids is 1. The summed E-state index contributed by atoms with van der Waals surface area (Å²) in [5, 5.41) is 13.6. The van der Waals surface area contributed by atoms with Gasteiger partial charge in [-0.25, -0.2) is 4.98 Å². The van der Waals surface area contributed by atoms with Crippen LogP contribution >= 0.6 is 0 Å². The van der Waals surface area contributed by atoms with Crippen LogP contribution in [-0.4, -0.2) is 42.7 Å². The van der Waals surface area contributed by atoms with Gasteiger partial charge in [0.1, 0.15) is 17.8 Å². The van der Waals surface area contributed by atoms with Crippen LogP contribution in [0.25, 0.3) is 0 Å². The van der Waals surface area contributed by atoms with E-state index in [0.29, 0.717) is 5.69 Å². The smallest absolute Gasteiger partial charge is 0.274 e. The molecule has 3 rings (SSSR count). The summed E-state index contributed by atoms with van der Waals surface area (Å²) in [5.74, 6) is 0.700. The van der Waals surface area contributed by atoms with Crippen LogP contribution in [0.5, 0.6) is 0 Å². The Morgan fingerprint density at radius 1 is 1.42 bits per heavy atom. The summed E-state index contributed by atoms with van der Waals surface area (Å²) in [6.45, 7) is 2.62. The number of aryl methyl sites for hydroxylation is 1. The third kappa shape index (κ3) is 2.23. The molecule has 0 spiro atoms. The molecule has 3 heterocycles. The van der Waals surface area contributed by atoms with Crippen molar-refractivity contribution in [2.45, 2.75) is 32.2 Å². The molecule has 19 heavy (non-hydrogen) atoms. The topological polar surface area (TPSA) is 90.6 Å². The number of hydrogen-bond acceptors (Lipinski definition) is 4. The van der Waals surface area contributed by atoms with E-state index < -0.39 is 0 Å². The van der Waals surface area contributed by atoms with E-state index in [-0.39, 0.29) is 11.9 Å². The van der Waals surface area contributed by atoms with E-state index in [4.69, 9.17) is 0 Å². The molecule has 100 valence electrons. The molecule has 2 aromatic rings. The molecular formula is C12H16N6O. The van der Waals surface area contributed by atoms with Crippen LogP contribution in [0.3, 0.4) is 0 Å². The van der Waals surface area contributed by atoms with Gasteiger partial charge in [0, 0.05) is 12.2 Å². The molecule has 0 aromatic carbocycles.